The van der Waals surface area contributed by atoms with E-state index in [-0.39, 0.29) is 5.75 Å². The molecule has 0 aliphatic carbocycles. The molecule has 0 amide bonds. The van der Waals surface area contributed by atoms with Crippen molar-refractivity contribution in [2.24, 2.45) is 0 Å². The molecule has 0 saturated carbocycles. The summed E-state index contributed by atoms with van der Waals surface area (Å²) in [6.07, 6.45) is 0. The number of para-hydroxylation sites is 1. The van der Waals surface area contributed by atoms with Crippen molar-refractivity contribution >= 4 is 15.7 Å². The Balaban J connectivity index is 2.56. The Morgan fingerprint density at radius 2 is 1.71 bits per heavy atom. The van der Waals surface area contributed by atoms with Crippen LogP contribution in [-0.4, -0.2) is 38.5 Å². The van der Waals surface area contributed by atoms with Crippen LogP contribution in [0.5, 0.6) is 0 Å². The first kappa shape index (κ1) is 17.9. The molecule has 0 fully saturated rings. The number of benzene rings is 1. The Kier molecular flexibility index (Phi) is 6.64. The molecule has 0 aromatic heterocycles. The lowest BCUT2D eigenvalue weighted by molar-refractivity contribution is 0.179. The van der Waals surface area contributed by atoms with Crippen molar-refractivity contribution in [1.82, 2.24) is 9.62 Å². The maximum atomic E-state index is 12.1. The standard InChI is InChI=1S/C15H27N3O2S/c1-12(2)18(13(3)4)10-9-17-21(19,20)11-14-7-5-6-8-15(14)16/h5-8,12-13,17H,9-11,16H2,1-4H3. The fourth-order valence-electron chi connectivity index (χ4n) is 2.36. The van der Waals surface area contributed by atoms with E-state index in [1.165, 1.54) is 0 Å². The lowest BCUT2D eigenvalue weighted by Gasteiger charge is -2.30. The molecule has 120 valence electrons. The Morgan fingerprint density at radius 1 is 1.14 bits per heavy atom. The van der Waals surface area contributed by atoms with E-state index in [9.17, 15) is 8.42 Å². The van der Waals surface area contributed by atoms with Gasteiger partial charge < -0.3 is 5.73 Å². The summed E-state index contributed by atoms with van der Waals surface area (Å²) in [5, 5.41) is 0. The molecule has 0 heterocycles. The van der Waals surface area contributed by atoms with E-state index in [1.54, 1.807) is 24.3 Å². The zero-order valence-electron chi connectivity index (χ0n) is 13.3. The number of sulfonamides is 1. The monoisotopic (exact) mass is 313 g/mol. The Morgan fingerprint density at radius 3 is 2.24 bits per heavy atom. The van der Waals surface area contributed by atoms with Crippen LogP contribution in [0.2, 0.25) is 0 Å². The molecule has 0 unspecified atom stereocenters. The molecule has 1 aromatic carbocycles. The van der Waals surface area contributed by atoms with Crippen molar-refractivity contribution in [3.8, 4) is 0 Å². The number of hydrogen-bond acceptors (Lipinski definition) is 4. The van der Waals surface area contributed by atoms with Crippen molar-refractivity contribution in [2.45, 2.75) is 45.5 Å². The molecule has 0 aliphatic heterocycles. The summed E-state index contributed by atoms with van der Waals surface area (Å²) in [7, 11) is -3.36. The van der Waals surface area contributed by atoms with Gasteiger partial charge in [-0.05, 0) is 39.3 Å². The first-order chi connectivity index (χ1) is 9.73. The molecule has 0 spiro atoms. The maximum Gasteiger partial charge on any atom is 0.215 e. The highest BCUT2D eigenvalue weighted by Crippen LogP contribution is 2.13. The van der Waals surface area contributed by atoms with Crippen molar-refractivity contribution in [1.29, 1.82) is 0 Å². The van der Waals surface area contributed by atoms with E-state index in [4.69, 9.17) is 5.73 Å². The topological polar surface area (TPSA) is 75.4 Å². The van der Waals surface area contributed by atoms with Crippen LogP contribution in [-0.2, 0) is 15.8 Å². The third kappa shape index (κ3) is 6.03. The number of rotatable bonds is 8. The molecule has 5 nitrogen and oxygen atoms in total. The van der Waals surface area contributed by atoms with Gasteiger partial charge in [0.1, 0.15) is 0 Å². The Hall–Kier alpha value is -1.11. The van der Waals surface area contributed by atoms with E-state index in [2.05, 4.69) is 37.3 Å². The molecule has 3 N–H and O–H groups in total. The van der Waals surface area contributed by atoms with Crippen LogP contribution >= 0.6 is 0 Å². The number of nitrogens with zero attached hydrogens (tertiary/aromatic N) is 1. The summed E-state index contributed by atoms with van der Waals surface area (Å²) < 4.78 is 26.8. The molecule has 6 heteroatoms. The first-order valence-corrected chi connectivity index (χ1v) is 8.94. The zero-order chi connectivity index (χ0) is 16.0. The first-order valence-electron chi connectivity index (χ1n) is 7.29. The molecule has 21 heavy (non-hydrogen) atoms. The molecular formula is C15H27N3O2S. The van der Waals surface area contributed by atoms with Crippen LogP contribution in [0.3, 0.4) is 0 Å². The fraction of sp³-hybridized carbons (Fsp3) is 0.600. The predicted molar refractivity (Wildman–Crippen MR) is 88.5 cm³/mol. The smallest absolute Gasteiger partial charge is 0.215 e. The van der Waals surface area contributed by atoms with E-state index < -0.39 is 10.0 Å². The Bertz CT molecular complexity index is 534. The minimum absolute atomic E-state index is 0.0803. The number of anilines is 1. The molecule has 0 bridgehead atoms. The molecular weight excluding hydrogens is 286 g/mol. The summed E-state index contributed by atoms with van der Waals surface area (Å²) >= 11 is 0. The van der Waals surface area contributed by atoms with Gasteiger partial charge in [0.05, 0.1) is 5.75 Å². The van der Waals surface area contributed by atoms with Crippen molar-refractivity contribution in [3.63, 3.8) is 0 Å². The highest BCUT2D eigenvalue weighted by Gasteiger charge is 2.16. The molecule has 0 radical (unpaired) electrons. The lowest BCUT2D eigenvalue weighted by atomic mass is 10.2. The normalized spacial score (nSPS) is 12.5. The van der Waals surface area contributed by atoms with Crippen LogP contribution in [0.1, 0.15) is 33.3 Å². The minimum atomic E-state index is -3.36. The molecule has 0 saturated heterocycles. The number of nitrogens with one attached hydrogen (secondary N) is 1. The van der Waals surface area contributed by atoms with Crippen LogP contribution in [0.4, 0.5) is 5.69 Å². The number of nitrogen functional groups attached to an aromatic ring is 1. The van der Waals surface area contributed by atoms with Gasteiger partial charge in [-0.1, -0.05) is 18.2 Å². The predicted octanol–water partition coefficient (Wildman–Crippen LogP) is 1.81. The van der Waals surface area contributed by atoms with Crippen LogP contribution < -0.4 is 10.5 Å². The largest absolute Gasteiger partial charge is 0.398 e. The summed E-state index contributed by atoms with van der Waals surface area (Å²) in [5.41, 5.74) is 6.93. The van der Waals surface area contributed by atoms with Gasteiger partial charge in [-0.25, -0.2) is 13.1 Å². The highest BCUT2D eigenvalue weighted by molar-refractivity contribution is 7.88. The van der Waals surface area contributed by atoms with Crippen molar-refractivity contribution in [3.05, 3.63) is 29.8 Å². The van der Waals surface area contributed by atoms with Gasteiger partial charge in [0.15, 0.2) is 0 Å². The van der Waals surface area contributed by atoms with Gasteiger partial charge in [-0.2, -0.15) is 0 Å². The average molecular weight is 313 g/mol. The van der Waals surface area contributed by atoms with E-state index in [1.807, 2.05) is 0 Å². The SMILES string of the molecule is CC(C)N(CCNS(=O)(=O)Cc1ccccc1N)C(C)C. The average Bonchev–Trinajstić information content (AvgIpc) is 2.36. The molecule has 0 atom stereocenters. The number of nitrogens with two attached hydrogens (primary N) is 1. The van der Waals surface area contributed by atoms with Gasteiger partial charge in [0.25, 0.3) is 0 Å². The van der Waals surface area contributed by atoms with E-state index >= 15 is 0 Å². The fourth-order valence-corrected chi connectivity index (χ4v) is 3.54. The van der Waals surface area contributed by atoms with Crippen LogP contribution in [0.15, 0.2) is 24.3 Å². The summed E-state index contributed by atoms with van der Waals surface area (Å²) in [6, 6.07) is 7.81. The Labute approximate surface area is 128 Å². The summed E-state index contributed by atoms with van der Waals surface area (Å²) in [5.74, 6) is -0.0803. The zero-order valence-corrected chi connectivity index (χ0v) is 14.2. The maximum absolute atomic E-state index is 12.1. The lowest BCUT2D eigenvalue weighted by Crippen LogP contribution is -2.42. The van der Waals surface area contributed by atoms with Gasteiger partial charge in [-0.3, -0.25) is 4.90 Å². The number of hydrogen-bond donors (Lipinski definition) is 2. The second-order valence-electron chi connectivity index (χ2n) is 5.78. The highest BCUT2D eigenvalue weighted by atomic mass is 32.2. The van der Waals surface area contributed by atoms with Gasteiger partial charge >= 0.3 is 0 Å². The molecule has 0 aliphatic rings. The van der Waals surface area contributed by atoms with Crippen molar-refractivity contribution in [2.75, 3.05) is 18.8 Å². The second kappa shape index (κ2) is 7.77. The minimum Gasteiger partial charge on any atom is -0.398 e. The van der Waals surface area contributed by atoms with Gasteiger partial charge in [-0.15, -0.1) is 0 Å². The second-order valence-corrected chi connectivity index (χ2v) is 7.58. The third-order valence-electron chi connectivity index (χ3n) is 3.42. The van der Waals surface area contributed by atoms with E-state index in [0.29, 0.717) is 36.4 Å². The van der Waals surface area contributed by atoms with Crippen molar-refractivity contribution < 1.29 is 8.42 Å². The van der Waals surface area contributed by atoms with Crippen LogP contribution in [0, 0.1) is 0 Å². The van der Waals surface area contributed by atoms with Gasteiger partial charge in [0.2, 0.25) is 10.0 Å². The quantitative estimate of drug-likeness (QED) is 0.718. The summed E-state index contributed by atoms with van der Waals surface area (Å²) in [6.45, 7) is 9.54. The van der Waals surface area contributed by atoms with Crippen LogP contribution in [0.25, 0.3) is 0 Å². The third-order valence-corrected chi connectivity index (χ3v) is 4.75. The van der Waals surface area contributed by atoms with E-state index in [0.717, 1.165) is 0 Å². The molecule has 1 aromatic rings. The van der Waals surface area contributed by atoms with Gasteiger partial charge in [0, 0.05) is 30.9 Å². The molecule has 1 rings (SSSR count). The summed E-state index contributed by atoms with van der Waals surface area (Å²) in [4.78, 5) is 2.25.